The highest BCUT2D eigenvalue weighted by molar-refractivity contribution is 7.99. The molecular weight excluding hydrogens is 320 g/mol. The van der Waals surface area contributed by atoms with E-state index in [9.17, 15) is 0 Å². The van der Waals surface area contributed by atoms with Gasteiger partial charge in [0.25, 0.3) is 0 Å². The first kappa shape index (κ1) is 20.4. The fraction of sp³-hybridized carbons (Fsp3) is 0.667. The second-order valence-corrected chi connectivity index (χ2v) is 13.8. The lowest BCUT2D eigenvalue weighted by atomic mass is 10.0. The lowest BCUT2D eigenvalue weighted by Crippen LogP contribution is -2.41. The number of allylic oxidation sites excluding steroid dienone is 1. The number of hydrogen-bond acceptors (Lipinski definition) is 4. The molecule has 1 heterocycles. The van der Waals surface area contributed by atoms with Gasteiger partial charge in [-0.1, -0.05) is 45.5 Å². The molecule has 0 saturated heterocycles. The Labute approximate surface area is 147 Å². The molecular formula is C18H32N2OSSi. The molecule has 0 aromatic carbocycles. The van der Waals surface area contributed by atoms with Crippen LogP contribution in [0.15, 0.2) is 36.3 Å². The Morgan fingerprint density at radius 2 is 1.91 bits per heavy atom. The molecule has 0 fully saturated rings. The Bertz CT molecular complexity index is 474. The van der Waals surface area contributed by atoms with E-state index in [0.717, 1.165) is 24.6 Å². The van der Waals surface area contributed by atoms with Crippen molar-refractivity contribution in [2.75, 3.05) is 6.61 Å². The van der Waals surface area contributed by atoms with Crippen LogP contribution in [0.5, 0.6) is 0 Å². The van der Waals surface area contributed by atoms with Gasteiger partial charge in [0.1, 0.15) is 0 Å². The Balaban J connectivity index is 2.41. The Morgan fingerprint density at radius 1 is 1.30 bits per heavy atom. The zero-order valence-corrected chi connectivity index (χ0v) is 17.3. The maximum Gasteiger partial charge on any atom is 0.191 e. The molecule has 0 saturated carbocycles. The lowest BCUT2D eigenvalue weighted by molar-refractivity contribution is 0.264. The third-order valence-electron chi connectivity index (χ3n) is 4.57. The average Bonchev–Trinajstić information content (AvgIpc) is 2.45. The van der Waals surface area contributed by atoms with Gasteiger partial charge in [0.05, 0.1) is 0 Å². The summed E-state index contributed by atoms with van der Waals surface area (Å²) >= 11 is 1.73. The molecule has 0 radical (unpaired) electrons. The quantitative estimate of drug-likeness (QED) is 0.252. The molecule has 0 spiro atoms. The number of hydrogen-bond donors (Lipinski definition) is 0. The summed E-state index contributed by atoms with van der Waals surface area (Å²) in [4.78, 5) is 8.56. The van der Waals surface area contributed by atoms with Crippen LogP contribution < -0.4 is 0 Å². The number of thioether (sulfide) groups is 1. The molecule has 5 heteroatoms. The largest absolute Gasteiger partial charge is 0.417 e. The van der Waals surface area contributed by atoms with E-state index in [1.54, 1.807) is 24.2 Å². The van der Waals surface area contributed by atoms with Crippen LogP contribution in [0.25, 0.3) is 0 Å². The van der Waals surface area contributed by atoms with Crippen LogP contribution in [-0.4, -0.2) is 30.1 Å². The standard InChI is InChI=1S/C18H32N2OSSi/c1-8-16(10-13-21-23(6,7)18(3,4)5)14-15(2)22-17-19-11-9-12-20-17/h8-9,11-12,15-16H,1,10,13-14H2,2-7H3. The van der Waals surface area contributed by atoms with Gasteiger partial charge in [-0.3, -0.25) is 0 Å². The van der Waals surface area contributed by atoms with Gasteiger partial charge in [0.15, 0.2) is 13.5 Å². The van der Waals surface area contributed by atoms with Crippen LogP contribution in [0.2, 0.25) is 18.1 Å². The number of rotatable bonds is 9. The predicted octanol–water partition coefficient (Wildman–Crippen LogP) is 5.56. The van der Waals surface area contributed by atoms with Crippen molar-refractivity contribution in [2.45, 2.75) is 69.1 Å². The van der Waals surface area contributed by atoms with Crippen molar-refractivity contribution in [3.05, 3.63) is 31.1 Å². The van der Waals surface area contributed by atoms with Crippen LogP contribution in [-0.2, 0) is 4.43 Å². The van der Waals surface area contributed by atoms with Crippen molar-refractivity contribution < 1.29 is 4.43 Å². The maximum atomic E-state index is 6.29. The topological polar surface area (TPSA) is 35.0 Å². The molecule has 1 rings (SSSR count). The summed E-state index contributed by atoms with van der Waals surface area (Å²) in [6.07, 6.45) is 7.77. The highest BCUT2D eigenvalue weighted by atomic mass is 32.2. The van der Waals surface area contributed by atoms with Gasteiger partial charge < -0.3 is 4.43 Å². The van der Waals surface area contributed by atoms with Crippen LogP contribution in [0.3, 0.4) is 0 Å². The smallest absolute Gasteiger partial charge is 0.191 e. The zero-order valence-electron chi connectivity index (χ0n) is 15.5. The van der Waals surface area contributed by atoms with Crippen molar-refractivity contribution in [2.24, 2.45) is 5.92 Å². The first-order valence-corrected chi connectivity index (χ1v) is 12.1. The zero-order chi connectivity index (χ0) is 17.5. The summed E-state index contributed by atoms with van der Waals surface area (Å²) in [5.74, 6) is 0.478. The van der Waals surface area contributed by atoms with Crippen LogP contribution in [0, 0.1) is 5.92 Å². The third-order valence-corrected chi connectivity index (χ3v) is 10.1. The highest BCUT2D eigenvalue weighted by Gasteiger charge is 2.36. The summed E-state index contributed by atoms with van der Waals surface area (Å²) in [5.41, 5.74) is 0. The van der Waals surface area contributed by atoms with Crippen molar-refractivity contribution in [1.82, 2.24) is 9.97 Å². The summed E-state index contributed by atoms with van der Waals surface area (Å²) < 4.78 is 6.29. The fourth-order valence-electron chi connectivity index (χ4n) is 2.01. The van der Waals surface area contributed by atoms with Crippen LogP contribution in [0.1, 0.15) is 40.5 Å². The molecule has 0 aliphatic rings. The van der Waals surface area contributed by atoms with Crippen LogP contribution in [0.4, 0.5) is 0 Å². The molecule has 2 atom stereocenters. The summed E-state index contributed by atoms with van der Waals surface area (Å²) in [6.45, 7) is 18.5. The number of nitrogens with zero attached hydrogens (tertiary/aromatic N) is 2. The average molecular weight is 353 g/mol. The van der Waals surface area contributed by atoms with Gasteiger partial charge in [-0.15, -0.1) is 6.58 Å². The van der Waals surface area contributed by atoms with Gasteiger partial charge in [-0.25, -0.2) is 9.97 Å². The molecule has 0 bridgehead atoms. The van der Waals surface area contributed by atoms with E-state index in [1.165, 1.54) is 0 Å². The molecule has 130 valence electrons. The van der Waals surface area contributed by atoms with Gasteiger partial charge in [-0.05, 0) is 43.0 Å². The monoisotopic (exact) mass is 352 g/mol. The molecule has 0 amide bonds. The van der Waals surface area contributed by atoms with E-state index < -0.39 is 8.32 Å². The normalized spacial score (nSPS) is 15.2. The molecule has 0 N–H and O–H groups in total. The Morgan fingerprint density at radius 3 is 2.43 bits per heavy atom. The van der Waals surface area contributed by atoms with E-state index >= 15 is 0 Å². The first-order valence-electron chi connectivity index (χ1n) is 8.36. The Kier molecular flexibility index (Phi) is 7.97. The molecule has 1 aromatic rings. The summed E-state index contributed by atoms with van der Waals surface area (Å²) in [6, 6.07) is 1.85. The minimum absolute atomic E-state index is 0.268. The molecule has 3 nitrogen and oxygen atoms in total. The van der Waals surface area contributed by atoms with E-state index in [-0.39, 0.29) is 5.04 Å². The van der Waals surface area contributed by atoms with E-state index in [4.69, 9.17) is 4.43 Å². The minimum atomic E-state index is -1.64. The van der Waals surface area contributed by atoms with E-state index in [1.807, 2.05) is 6.07 Å². The van der Waals surface area contributed by atoms with Crippen molar-refractivity contribution in [1.29, 1.82) is 0 Å². The second-order valence-electron chi connectivity index (χ2n) is 7.59. The second kappa shape index (κ2) is 8.99. The molecule has 2 unspecified atom stereocenters. The minimum Gasteiger partial charge on any atom is -0.417 e. The molecule has 0 aliphatic carbocycles. The third kappa shape index (κ3) is 7.19. The van der Waals surface area contributed by atoms with Crippen LogP contribution >= 0.6 is 11.8 Å². The van der Waals surface area contributed by atoms with Crippen molar-refractivity contribution >= 4 is 20.1 Å². The SMILES string of the molecule is C=CC(CCO[Si](C)(C)C(C)(C)C)CC(C)Sc1ncccn1. The fourth-order valence-corrected chi connectivity index (χ4v) is 4.02. The molecule has 23 heavy (non-hydrogen) atoms. The molecule has 1 aromatic heterocycles. The van der Waals surface area contributed by atoms with Crippen molar-refractivity contribution in [3.63, 3.8) is 0 Å². The van der Waals surface area contributed by atoms with Gasteiger partial charge in [-0.2, -0.15) is 0 Å². The van der Waals surface area contributed by atoms with Crippen molar-refractivity contribution in [3.8, 4) is 0 Å². The van der Waals surface area contributed by atoms with Gasteiger partial charge in [0, 0.05) is 24.3 Å². The summed E-state index contributed by atoms with van der Waals surface area (Å²) in [7, 11) is -1.64. The Hall–Kier alpha value is -0.653. The van der Waals surface area contributed by atoms with E-state index in [0.29, 0.717) is 11.2 Å². The number of aromatic nitrogens is 2. The summed E-state index contributed by atoms with van der Waals surface area (Å²) in [5, 5.41) is 1.58. The lowest BCUT2D eigenvalue weighted by Gasteiger charge is -2.36. The van der Waals surface area contributed by atoms with Gasteiger partial charge in [0.2, 0.25) is 0 Å². The predicted molar refractivity (Wildman–Crippen MR) is 103 cm³/mol. The maximum absolute atomic E-state index is 6.29. The van der Waals surface area contributed by atoms with Gasteiger partial charge >= 0.3 is 0 Å². The first-order chi connectivity index (χ1) is 10.7. The molecule has 0 aliphatic heterocycles. The highest BCUT2D eigenvalue weighted by Crippen LogP contribution is 2.37. The van der Waals surface area contributed by atoms with E-state index in [2.05, 4.69) is 63.4 Å².